The molecule has 0 aromatic heterocycles. The standard InChI is InChI=1S/C14H20N2O2/c1-10-5-4-6-13(7-10)15-14(17)16-8-11(2)18-12(3)9-16/h4-7,11-12H,8-9H2,1-3H3,(H,15,17)/t11-,12-/m1/s1. The number of anilines is 1. The van der Waals surface area contributed by atoms with Gasteiger partial charge in [-0.2, -0.15) is 0 Å². The van der Waals surface area contributed by atoms with Crippen LogP contribution in [0.2, 0.25) is 0 Å². The number of carbonyl (C=O) groups is 1. The van der Waals surface area contributed by atoms with Gasteiger partial charge >= 0.3 is 6.03 Å². The predicted molar refractivity (Wildman–Crippen MR) is 71.8 cm³/mol. The molecule has 1 N–H and O–H groups in total. The van der Waals surface area contributed by atoms with E-state index in [1.807, 2.05) is 45.0 Å². The molecular weight excluding hydrogens is 228 g/mol. The molecule has 0 saturated carbocycles. The fourth-order valence-corrected chi connectivity index (χ4v) is 2.27. The lowest BCUT2D eigenvalue weighted by atomic mass is 10.2. The third-order valence-corrected chi connectivity index (χ3v) is 2.98. The highest BCUT2D eigenvalue weighted by Crippen LogP contribution is 2.14. The van der Waals surface area contributed by atoms with Gasteiger partial charge in [0.1, 0.15) is 0 Å². The zero-order valence-electron chi connectivity index (χ0n) is 11.1. The Morgan fingerprint density at radius 3 is 2.61 bits per heavy atom. The Kier molecular flexibility index (Phi) is 3.87. The van der Waals surface area contributed by atoms with E-state index in [0.29, 0.717) is 13.1 Å². The lowest BCUT2D eigenvalue weighted by Crippen LogP contribution is -2.49. The molecule has 0 spiro atoms. The smallest absolute Gasteiger partial charge is 0.322 e. The number of nitrogens with one attached hydrogen (secondary N) is 1. The van der Waals surface area contributed by atoms with Crippen molar-refractivity contribution in [3.8, 4) is 0 Å². The lowest BCUT2D eigenvalue weighted by Gasteiger charge is -2.35. The summed E-state index contributed by atoms with van der Waals surface area (Å²) >= 11 is 0. The van der Waals surface area contributed by atoms with Gasteiger partial charge in [-0.25, -0.2) is 4.79 Å². The molecule has 4 heteroatoms. The number of aryl methyl sites for hydroxylation is 1. The lowest BCUT2D eigenvalue weighted by molar-refractivity contribution is -0.0530. The van der Waals surface area contributed by atoms with Crippen molar-refractivity contribution in [1.29, 1.82) is 0 Å². The minimum Gasteiger partial charge on any atom is -0.372 e. The summed E-state index contributed by atoms with van der Waals surface area (Å²) in [6, 6.07) is 7.76. The number of amides is 2. The average molecular weight is 248 g/mol. The maximum absolute atomic E-state index is 12.1. The van der Waals surface area contributed by atoms with E-state index >= 15 is 0 Å². The Morgan fingerprint density at radius 1 is 1.33 bits per heavy atom. The van der Waals surface area contributed by atoms with E-state index in [2.05, 4.69) is 5.32 Å². The molecule has 1 aromatic carbocycles. The van der Waals surface area contributed by atoms with Crippen LogP contribution >= 0.6 is 0 Å². The largest absolute Gasteiger partial charge is 0.372 e. The Bertz CT molecular complexity index is 424. The third kappa shape index (κ3) is 3.23. The van der Waals surface area contributed by atoms with Crippen molar-refractivity contribution in [3.05, 3.63) is 29.8 Å². The summed E-state index contributed by atoms with van der Waals surface area (Å²) in [5, 5.41) is 2.92. The van der Waals surface area contributed by atoms with Crippen LogP contribution < -0.4 is 5.32 Å². The highest BCUT2D eigenvalue weighted by molar-refractivity contribution is 5.89. The number of carbonyl (C=O) groups excluding carboxylic acids is 1. The number of ether oxygens (including phenoxy) is 1. The van der Waals surface area contributed by atoms with Gasteiger partial charge in [0.2, 0.25) is 0 Å². The molecule has 1 aliphatic heterocycles. The van der Waals surface area contributed by atoms with Crippen LogP contribution in [0.25, 0.3) is 0 Å². The highest BCUT2D eigenvalue weighted by Gasteiger charge is 2.25. The van der Waals surface area contributed by atoms with Crippen molar-refractivity contribution in [3.63, 3.8) is 0 Å². The van der Waals surface area contributed by atoms with E-state index in [1.165, 1.54) is 0 Å². The summed E-state index contributed by atoms with van der Waals surface area (Å²) in [6.45, 7) is 7.27. The zero-order valence-corrected chi connectivity index (χ0v) is 11.1. The number of hydrogen-bond donors (Lipinski definition) is 1. The van der Waals surface area contributed by atoms with Crippen molar-refractivity contribution >= 4 is 11.7 Å². The van der Waals surface area contributed by atoms with E-state index in [0.717, 1.165) is 11.3 Å². The van der Waals surface area contributed by atoms with Gasteiger partial charge in [0, 0.05) is 18.8 Å². The number of urea groups is 1. The molecule has 0 unspecified atom stereocenters. The summed E-state index contributed by atoms with van der Waals surface area (Å²) < 4.78 is 5.61. The molecule has 2 rings (SSSR count). The Hall–Kier alpha value is -1.55. The second kappa shape index (κ2) is 5.40. The van der Waals surface area contributed by atoms with Gasteiger partial charge in [-0.15, -0.1) is 0 Å². The van der Waals surface area contributed by atoms with Crippen molar-refractivity contribution in [2.45, 2.75) is 33.0 Å². The van der Waals surface area contributed by atoms with Gasteiger partial charge in [0.25, 0.3) is 0 Å². The van der Waals surface area contributed by atoms with Crippen LogP contribution in [0.5, 0.6) is 0 Å². The summed E-state index contributed by atoms with van der Waals surface area (Å²) in [7, 11) is 0. The summed E-state index contributed by atoms with van der Waals surface area (Å²) in [6.07, 6.45) is 0.189. The van der Waals surface area contributed by atoms with E-state index in [-0.39, 0.29) is 18.2 Å². The molecule has 0 radical (unpaired) electrons. The SMILES string of the molecule is Cc1cccc(NC(=O)N2C[C@@H](C)O[C@H](C)C2)c1. The second-order valence-corrected chi connectivity index (χ2v) is 4.96. The molecule has 0 bridgehead atoms. The fraction of sp³-hybridized carbons (Fsp3) is 0.500. The summed E-state index contributed by atoms with van der Waals surface area (Å²) in [5.74, 6) is 0. The van der Waals surface area contributed by atoms with Crippen LogP contribution in [0, 0.1) is 6.92 Å². The molecule has 1 aliphatic rings. The van der Waals surface area contributed by atoms with Crippen LogP contribution in [0.3, 0.4) is 0 Å². The van der Waals surface area contributed by atoms with Crippen molar-refractivity contribution < 1.29 is 9.53 Å². The van der Waals surface area contributed by atoms with E-state index in [9.17, 15) is 4.79 Å². The maximum atomic E-state index is 12.1. The first-order valence-corrected chi connectivity index (χ1v) is 6.32. The van der Waals surface area contributed by atoms with Gasteiger partial charge in [-0.3, -0.25) is 0 Å². The minimum absolute atomic E-state index is 0.0531. The third-order valence-electron chi connectivity index (χ3n) is 2.98. The quantitative estimate of drug-likeness (QED) is 0.830. The van der Waals surface area contributed by atoms with Crippen LogP contribution in [0.4, 0.5) is 10.5 Å². The normalized spacial score (nSPS) is 23.8. The molecule has 1 aromatic rings. The summed E-state index contributed by atoms with van der Waals surface area (Å²) in [5.41, 5.74) is 1.98. The van der Waals surface area contributed by atoms with E-state index in [4.69, 9.17) is 4.74 Å². The topological polar surface area (TPSA) is 41.6 Å². The minimum atomic E-state index is -0.0531. The van der Waals surface area contributed by atoms with Gasteiger partial charge in [0.05, 0.1) is 12.2 Å². The zero-order chi connectivity index (χ0) is 13.1. The Balaban J connectivity index is 1.99. The summed E-state index contributed by atoms with van der Waals surface area (Å²) in [4.78, 5) is 13.9. The molecule has 4 nitrogen and oxygen atoms in total. The maximum Gasteiger partial charge on any atom is 0.322 e. The molecule has 1 fully saturated rings. The number of rotatable bonds is 1. The first kappa shape index (κ1) is 12.9. The molecule has 1 saturated heterocycles. The molecule has 2 amide bonds. The predicted octanol–water partition coefficient (Wildman–Crippen LogP) is 2.64. The van der Waals surface area contributed by atoms with Gasteiger partial charge in [-0.05, 0) is 38.5 Å². The van der Waals surface area contributed by atoms with Crippen molar-refractivity contribution in [1.82, 2.24) is 4.90 Å². The fourth-order valence-electron chi connectivity index (χ4n) is 2.27. The second-order valence-electron chi connectivity index (χ2n) is 4.96. The van der Waals surface area contributed by atoms with Crippen LogP contribution in [0.1, 0.15) is 19.4 Å². The molecule has 18 heavy (non-hydrogen) atoms. The number of benzene rings is 1. The number of morpholine rings is 1. The molecule has 2 atom stereocenters. The van der Waals surface area contributed by atoms with Gasteiger partial charge in [-0.1, -0.05) is 12.1 Å². The van der Waals surface area contributed by atoms with Crippen LogP contribution in [0.15, 0.2) is 24.3 Å². The molecule has 98 valence electrons. The first-order valence-electron chi connectivity index (χ1n) is 6.32. The van der Waals surface area contributed by atoms with Gasteiger partial charge in [0.15, 0.2) is 0 Å². The van der Waals surface area contributed by atoms with Crippen molar-refractivity contribution in [2.24, 2.45) is 0 Å². The highest BCUT2D eigenvalue weighted by atomic mass is 16.5. The van der Waals surface area contributed by atoms with Crippen LogP contribution in [-0.4, -0.2) is 36.2 Å². The Morgan fingerprint density at radius 2 is 2.00 bits per heavy atom. The average Bonchev–Trinajstić information content (AvgIpc) is 2.27. The number of hydrogen-bond acceptors (Lipinski definition) is 2. The van der Waals surface area contributed by atoms with Gasteiger partial charge < -0.3 is 15.0 Å². The molecule has 1 heterocycles. The van der Waals surface area contributed by atoms with E-state index in [1.54, 1.807) is 4.90 Å². The van der Waals surface area contributed by atoms with E-state index < -0.39 is 0 Å². The Labute approximate surface area is 108 Å². The molecular formula is C14H20N2O2. The van der Waals surface area contributed by atoms with Crippen molar-refractivity contribution in [2.75, 3.05) is 18.4 Å². The van der Waals surface area contributed by atoms with Crippen LogP contribution in [-0.2, 0) is 4.74 Å². The number of nitrogens with zero attached hydrogens (tertiary/aromatic N) is 1. The monoisotopic (exact) mass is 248 g/mol. The first-order chi connectivity index (χ1) is 8.54. The molecule has 0 aliphatic carbocycles.